The average molecular weight is 350 g/mol. The Morgan fingerprint density at radius 1 is 1.09 bits per heavy atom. The Balaban J connectivity index is 2.25. The molecule has 3 rings (SSSR count). The SMILES string of the molecule is COc1ccc(-c2csc3nc(Cl)nc(N(C)C)c23)cc1OC. The number of halogens is 1. The van der Waals surface area contributed by atoms with Crippen molar-refractivity contribution in [3.05, 3.63) is 28.9 Å². The van der Waals surface area contributed by atoms with Gasteiger partial charge >= 0.3 is 0 Å². The summed E-state index contributed by atoms with van der Waals surface area (Å²) >= 11 is 7.58. The van der Waals surface area contributed by atoms with Crippen LogP contribution in [-0.4, -0.2) is 38.3 Å². The molecule has 1 aromatic carbocycles. The normalized spacial score (nSPS) is 10.8. The standard InChI is InChI=1S/C16H16ClN3O2S/c1-20(2)14-13-10(8-23-15(13)19-16(17)18-14)9-5-6-11(21-3)12(7-9)22-4/h5-8H,1-4H3. The number of fused-ring (bicyclic) bond motifs is 1. The van der Waals surface area contributed by atoms with Gasteiger partial charge in [-0.3, -0.25) is 0 Å². The molecule has 0 atom stereocenters. The Morgan fingerprint density at radius 3 is 2.48 bits per heavy atom. The lowest BCUT2D eigenvalue weighted by Crippen LogP contribution is -2.11. The van der Waals surface area contributed by atoms with Crippen LogP contribution in [0.15, 0.2) is 23.6 Å². The topological polar surface area (TPSA) is 47.5 Å². The predicted octanol–water partition coefficient (Wildman–Crippen LogP) is 4.09. The molecule has 5 nitrogen and oxygen atoms in total. The molecule has 0 saturated carbocycles. The Bertz CT molecular complexity index is 864. The van der Waals surface area contributed by atoms with Gasteiger partial charge in [0.05, 0.1) is 19.6 Å². The van der Waals surface area contributed by atoms with Gasteiger partial charge in [-0.25, -0.2) is 4.98 Å². The molecule has 0 amide bonds. The van der Waals surface area contributed by atoms with Gasteiger partial charge in [0.15, 0.2) is 11.5 Å². The second-order valence-electron chi connectivity index (χ2n) is 5.11. The van der Waals surface area contributed by atoms with Crippen molar-refractivity contribution in [3.8, 4) is 22.6 Å². The second-order valence-corrected chi connectivity index (χ2v) is 6.31. The molecule has 0 aliphatic heterocycles. The summed E-state index contributed by atoms with van der Waals surface area (Å²) in [6, 6.07) is 5.84. The van der Waals surface area contributed by atoms with Gasteiger partial charge in [-0.1, -0.05) is 6.07 Å². The summed E-state index contributed by atoms with van der Waals surface area (Å²) in [6.45, 7) is 0. The molecule has 0 aliphatic rings. The van der Waals surface area contributed by atoms with Gasteiger partial charge in [0.25, 0.3) is 0 Å². The summed E-state index contributed by atoms with van der Waals surface area (Å²) in [7, 11) is 7.13. The van der Waals surface area contributed by atoms with Crippen LogP contribution in [0, 0.1) is 0 Å². The van der Waals surface area contributed by atoms with E-state index in [1.165, 1.54) is 0 Å². The summed E-state index contributed by atoms with van der Waals surface area (Å²) in [6.07, 6.45) is 0. The van der Waals surface area contributed by atoms with E-state index in [1.807, 2.05) is 37.2 Å². The van der Waals surface area contributed by atoms with Crippen molar-refractivity contribution >= 4 is 39.0 Å². The Hall–Kier alpha value is -2.05. The number of hydrogen-bond acceptors (Lipinski definition) is 6. The molecule has 2 heterocycles. The van der Waals surface area contributed by atoms with Gasteiger partial charge in [-0.05, 0) is 29.3 Å². The van der Waals surface area contributed by atoms with Crippen LogP contribution in [0.5, 0.6) is 11.5 Å². The minimum atomic E-state index is 0.252. The van der Waals surface area contributed by atoms with Gasteiger partial charge in [0.1, 0.15) is 10.6 Å². The molecule has 0 fully saturated rings. The molecule has 0 aliphatic carbocycles. The number of aromatic nitrogens is 2. The second kappa shape index (κ2) is 6.22. The molecular weight excluding hydrogens is 334 g/mol. The van der Waals surface area contributed by atoms with Crippen LogP contribution in [0.4, 0.5) is 5.82 Å². The minimum Gasteiger partial charge on any atom is -0.493 e. The van der Waals surface area contributed by atoms with Crippen LogP contribution in [0.3, 0.4) is 0 Å². The minimum absolute atomic E-state index is 0.252. The number of nitrogens with zero attached hydrogens (tertiary/aromatic N) is 3. The van der Waals surface area contributed by atoms with Crippen LogP contribution < -0.4 is 14.4 Å². The van der Waals surface area contributed by atoms with Crippen LogP contribution in [0.1, 0.15) is 0 Å². The summed E-state index contributed by atoms with van der Waals surface area (Å²) in [5.41, 5.74) is 2.06. The van der Waals surface area contributed by atoms with E-state index in [0.29, 0.717) is 11.5 Å². The molecule has 2 aromatic heterocycles. The van der Waals surface area contributed by atoms with Crippen LogP contribution in [0.2, 0.25) is 5.28 Å². The average Bonchev–Trinajstić information content (AvgIpc) is 2.96. The van der Waals surface area contributed by atoms with Crippen molar-refractivity contribution in [2.75, 3.05) is 33.2 Å². The van der Waals surface area contributed by atoms with E-state index < -0.39 is 0 Å². The maximum atomic E-state index is 6.03. The molecule has 0 unspecified atom stereocenters. The van der Waals surface area contributed by atoms with Gasteiger partial charge in [0.2, 0.25) is 5.28 Å². The molecule has 3 aromatic rings. The number of rotatable bonds is 4. The molecule has 0 spiro atoms. The van der Waals surface area contributed by atoms with Crippen molar-refractivity contribution in [1.82, 2.24) is 9.97 Å². The Kier molecular flexibility index (Phi) is 4.28. The van der Waals surface area contributed by atoms with Crippen molar-refractivity contribution < 1.29 is 9.47 Å². The quantitative estimate of drug-likeness (QED) is 0.664. The lowest BCUT2D eigenvalue weighted by atomic mass is 10.1. The summed E-state index contributed by atoms with van der Waals surface area (Å²) < 4.78 is 10.7. The number of thiophene rings is 1. The van der Waals surface area contributed by atoms with Crippen molar-refractivity contribution in [2.45, 2.75) is 0 Å². The highest BCUT2D eigenvalue weighted by Crippen LogP contribution is 2.40. The number of anilines is 1. The van der Waals surface area contributed by atoms with Crippen LogP contribution in [0.25, 0.3) is 21.3 Å². The molecule has 0 N–H and O–H groups in total. The zero-order chi connectivity index (χ0) is 16.6. The van der Waals surface area contributed by atoms with E-state index in [0.717, 1.165) is 27.2 Å². The van der Waals surface area contributed by atoms with Gasteiger partial charge in [-0.15, -0.1) is 11.3 Å². The third-order valence-electron chi connectivity index (χ3n) is 3.51. The van der Waals surface area contributed by atoms with Crippen molar-refractivity contribution in [1.29, 1.82) is 0 Å². The zero-order valence-electron chi connectivity index (χ0n) is 13.3. The first-order chi connectivity index (χ1) is 11.0. The maximum absolute atomic E-state index is 6.03. The Morgan fingerprint density at radius 2 is 1.83 bits per heavy atom. The van der Waals surface area contributed by atoms with Crippen LogP contribution in [-0.2, 0) is 0 Å². The molecule has 120 valence electrons. The summed E-state index contributed by atoms with van der Waals surface area (Å²) in [5, 5.41) is 3.29. The monoisotopic (exact) mass is 349 g/mol. The number of hydrogen-bond donors (Lipinski definition) is 0. The smallest absolute Gasteiger partial charge is 0.225 e. The lowest BCUT2D eigenvalue weighted by Gasteiger charge is -2.14. The summed E-state index contributed by atoms with van der Waals surface area (Å²) in [4.78, 5) is 11.5. The maximum Gasteiger partial charge on any atom is 0.225 e. The molecule has 7 heteroatoms. The van der Waals surface area contributed by atoms with Gasteiger partial charge in [-0.2, -0.15) is 4.98 Å². The van der Waals surface area contributed by atoms with Crippen LogP contribution >= 0.6 is 22.9 Å². The first kappa shape index (κ1) is 15.8. The fourth-order valence-corrected chi connectivity index (χ4v) is 3.59. The number of methoxy groups -OCH3 is 2. The third-order valence-corrected chi connectivity index (χ3v) is 4.55. The highest BCUT2D eigenvalue weighted by Gasteiger charge is 2.17. The largest absolute Gasteiger partial charge is 0.493 e. The molecular formula is C16H16ClN3O2S. The molecule has 23 heavy (non-hydrogen) atoms. The third kappa shape index (κ3) is 2.80. The van der Waals surface area contributed by atoms with E-state index in [9.17, 15) is 0 Å². The first-order valence-electron chi connectivity index (χ1n) is 6.89. The van der Waals surface area contributed by atoms with Crippen molar-refractivity contribution in [3.63, 3.8) is 0 Å². The fourth-order valence-electron chi connectivity index (χ4n) is 2.44. The lowest BCUT2D eigenvalue weighted by molar-refractivity contribution is 0.355. The summed E-state index contributed by atoms with van der Waals surface area (Å²) in [5.74, 6) is 2.18. The highest BCUT2D eigenvalue weighted by molar-refractivity contribution is 7.17. The zero-order valence-corrected chi connectivity index (χ0v) is 14.8. The predicted molar refractivity (Wildman–Crippen MR) is 95.3 cm³/mol. The molecule has 0 radical (unpaired) electrons. The fraction of sp³-hybridized carbons (Fsp3) is 0.250. The Labute approximate surface area is 143 Å². The highest BCUT2D eigenvalue weighted by atomic mass is 35.5. The first-order valence-corrected chi connectivity index (χ1v) is 8.15. The van der Waals surface area contributed by atoms with E-state index in [1.54, 1.807) is 25.6 Å². The molecule has 0 bridgehead atoms. The van der Waals surface area contributed by atoms with E-state index in [-0.39, 0.29) is 5.28 Å². The molecule has 0 saturated heterocycles. The van der Waals surface area contributed by atoms with Gasteiger partial charge in [0, 0.05) is 25.0 Å². The van der Waals surface area contributed by atoms with E-state index in [4.69, 9.17) is 21.1 Å². The van der Waals surface area contributed by atoms with E-state index >= 15 is 0 Å². The van der Waals surface area contributed by atoms with Crippen molar-refractivity contribution in [2.24, 2.45) is 0 Å². The van der Waals surface area contributed by atoms with E-state index in [2.05, 4.69) is 15.3 Å². The number of ether oxygens (including phenoxy) is 2. The van der Waals surface area contributed by atoms with Gasteiger partial charge < -0.3 is 14.4 Å². The number of benzene rings is 1.